The number of anilines is 1. The lowest BCUT2D eigenvalue weighted by molar-refractivity contribution is 0.682. The molecule has 0 fully saturated rings. The molecular formula is C13H14N2OS. The van der Waals surface area contributed by atoms with Crippen LogP contribution in [-0.2, 0) is 16.6 Å². The summed E-state index contributed by atoms with van der Waals surface area (Å²) < 4.78 is 12.1. The van der Waals surface area contributed by atoms with E-state index in [1.54, 1.807) is 12.3 Å². The van der Waals surface area contributed by atoms with Crippen molar-refractivity contribution in [3.05, 3.63) is 53.7 Å². The maximum Gasteiger partial charge on any atom is 0.123 e. The number of benzene rings is 1. The maximum atomic E-state index is 12.1. The highest BCUT2D eigenvalue weighted by Crippen LogP contribution is 2.13. The monoisotopic (exact) mass is 246 g/mol. The molecule has 1 unspecified atom stereocenters. The number of hydrogen-bond acceptors (Lipinski definition) is 3. The van der Waals surface area contributed by atoms with Crippen LogP contribution >= 0.6 is 0 Å². The van der Waals surface area contributed by atoms with E-state index in [4.69, 9.17) is 5.73 Å². The van der Waals surface area contributed by atoms with Crippen LogP contribution in [0.25, 0.3) is 0 Å². The minimum atomic E-state index is -1.03. The molecule has 0 amide bonds. The smallest absolute Gasteiger partial charge is 0.123 e. The summed E-state index contributed by atoms with van der Waals surface area (Å²) in [6.45, 7) is 1.99. The maximum absolute atomic E-state index is 12.1. The van der Waals surface area contributed by atoms with Gasteiger partial charge in [-0.3, -0.25) is 4.21 Å². The number of nitrogen functional groups attached to an aromatic ring is 1. The molecule has 1 aromatic heterocycles. The van der Waals surface area contributed by atoms with Gasteiger partial charge in [-0.25, -0.2) is 4.98 Å². The number of hydrogen-bond donors (Lipinski definition) is 1. The Labute approximate surface area is 103 Å². The summed E-state index contributed by atoms with van der Waals surface area (Å²) in [5.74, 6) is 0.951. The van der Waals surface area contributed by atoms with Crippen LogP contribution < -0.4 is 5.73 Å². The van der Waals surface area contributed by atoms with Gasteiger partial charge in [0, 0.05) is 11.1 Å². The van der Waals surface area contributed by atoms with Crippen molar-refractivity contribution in [1.82, 2.24) is 4.98 Å². The van der Waals surface area contributed by atoms with E-state index < -0.39 is 10.8 Å². The van der Waals surface area contributed by atoms with Crippen molar-refractivity contribution in [2.75, 3.05) is 5.73 Å². The standard InChI is InChI=1S/C13H14N2OS/c1-10-3-2-4-12(7-10)17(16)9-11-5-6-13(14)15-8-11/h2-8H,9H2,1H3,(H2,14,15). The summed E-state index contributed by atoms with van der Waals surface area (Å²) in [4.78, 5) is 4.84. The molecule has 4 heteroatoms. The number of aryl methyl sites for hydroxylation is 1. The Morgan fingerprint density at radius 3 is 2.76 bits per heavy atom. The highest BCUT2D eigenvalue weighted by atomic mass is 32.2. The Morgan fingerprint density at radius 1 is 1.29 bits per heavy atom. The van der Waals surface area contributed by atoms with Gasteiger partial charge in [-0.15, -0.1) is 0 Å². The molecule has 0 aliphatic rings. The summed E-state index contributed by atoms with van der Waals surface area (Å²) in [7, 11) is -1.03. The number of aromatic nitrogens is 1. The van der Waals surface area contributed by atoms with Crippen LogP contribution in [0.5, 0.6) is 0 Å². The van der Waals surface area contributed by atoms with Gasteiger partial charge in [-0.1, -0.05) is 18.2 Å². The molecule has 0 radical (unpaired) electrons. The van der Waals surface area contributed by atoms with Crippen LogP contribution in [0.4, 0.5) is 5.82 Å². The predicted octanol–water partition coefficient (Wildman–Crippen LogP) is 2.28. The Bertz CT molecular complexity index is 537. The van der Waals surface area contributed by atoms with E-state index >= 15 is 0 Å². The first-order chi connectivity index (χ1) is 8.15. The first-order valence-corrected chi connectivity index (χ1v) is 6.62. The lowest BCUT2D eigenvalue weighted by Crippen LogP contribution is -1.98. The van der Waals surface area contributed by atoms with Crippen molar-refractivity contribution < 1.29 is 4.21 Å². The van der Waals surface area contributed by atoms with Crippen LogP contribution in [0.2, 0.25) is 0 Å². The van der Waals surface area contributed by atoms with Crippen molar-refractivity contribution in [3.63, 3.8) is 0 Å². The molecule has 0 bridgehead atoms. The number of nitrogens with zero attached hydrogens (tertiary/aromatic N) is 1. The average molecular weight is 246 g/mol. The van der Waals surface area contributed by atoms with E-state index in [-0.39, 0.29) is 0 Å². The molecule has 1 aromatic carbocycles. The van der Waals surface area contributed by atoms with Crippen molar-refractivity contribution in [3.8, 4) is 0 Å². The first kappa shape index (κ1) is 11.8. The third-order valence-corrected chi connectivity index (χ3v) is 3.77. The van der Waals surface area contributed by atoms with Gasteiger partial charge < -0.3 is 5.73 Å². The molecule has 3 nitrogen and oxygen atoms in total. The number of pyridine rings is 1. The van der Waals surface area contributed by atoms with Gasteiger partial charge in [0.2, 0.25) is 0 Å². The molecule has 1 atom stereocenters. The molecule has 0 saturated carbocycles. The van der Waals surface area contributed by atoms with Crippen LogP contribution in [0.15, 0.2) is 47.5 Å². The lowest BCUT2D eigenvalue weighted by atomic mass is 10.2. The number of nitrogens with two attached hydrogens (primary N) is 1. The van der Waals surface area contributed by atoms with Gasteiger partial charge in [0.05, 0.1) is 16.6 Å². The summed E-state index contributed by atoms with van der Waals surface area (Å²) in [6.07, 6.45) is 1.67. The highest BCUT2D eigenvalue weighted by Gasteiger charge is 2.05. The van der Waals surface area contributed by atoms with Gasteiger partial charge in [-0.2, -0.15) is 0 Å². The molecule has 0 saturated heterocycles. The Morgan fingerprint density at radius 2 is 2.12 bits per heavy atom. The molecule has 1 heterocycles. The Hall–Kier alpha value is -1.68. The van der Waals surface area contributed by atoms with E-state index in [1.165, 1.54) is 0 Å². The molecule has 2 aromatic rings. The molecule has 88 valence electrons. The lowest BCUT2D eigenvalue weighted by Gasteiger charge is -2.03. The Kier molecular flexibility index (Phi) is 3.54. The predicted molar refractivity (Wildman–Crippen MR) is 69.9 cm³/mol. The molecule has 0 aliphatic heterocycles. The molecule has 0 aliphatic carbocycles. The van der Waals surface area contributed by atoms with Gasteiger partial charge in [-0.05, 0) is 36.2 Å². The zero-order valence-electron chi connectivity index (χ0n) is 9.59. The largest absolute Gasteiger partial charge is 0.384 e. The average Bonchev–Trinajstić information content (AvgIpc) is 2.32. The molecule has 0 spiro atoms. The fraction of sp³-hybridized carbons (Fsp3) is 0.154. The molecule has 2 N–H and O–H groups in total. The highest BCUT2D eigenvalue weighted by molar-refractivity contribution is 7.84. The van der Waals surface area contributed by atoms with E-state index in [0.29, 0.717) is 11.6 Å². The summed E-state index contributed by atoms with van der Waals surface area (Å²) in [6, 6.07) is 11.3. The van der Waals surface area contributed by atoms with E-state index in [1.807, 2.05) is 37.3 Å². The third kappa shape index (κ3) is 3.14. The fourth-order valence-electron chi connectivity index (χ4n) is 1.51. The van der Waals surface area contributed by atoms with E-state index in [9.17, 15) is 4.21 Å². The second-order valence-corrected chi connectivity index (χ2v) is 5.35. The minimum Gasteiger partial charge on any atom is -0.384 e. The van der Waals surface area contributed by atoms with E-state index in [2.05, 4.69) is 4.98 Å². The first-order valence-electron chi connectivity index (χ1n) is 5.30. The SMILES string of the molecule is Cc1cccc(S(=O)Cc2ccc(N)nc2)c1. The summed E-state index contributed by atoms with van der Waals surface area (Å²) >= 11 is 0. The van der Waals surface area contributed by atoms with Crippen LogP contribution in [0.3, 0.4) is 0 Å². The van der Waals surface area contributed by atoms with Gasteiger partial charge >= 0.3 is 0 Å². The topological polar surface area (TPSA) is 56.0 Å². The molecule has 2 rings (SSSR count). The molecule has 17 heavy (non-hydrogen) atoms. The van der Waals surface area contributed by atoms with Crippen molar-refractivity contribution in [1.29, 1.82) is 0 Å². The normalized spacial score (nSPS) is 12.3. The quantitative estimate of drug-likeness (QED) is 0.904. The zero-order valence-corrected chi connectivity index (χ0v) is 10.4. The Balaban J connectivity index is 2.14. The van der Waals surface area contributed by atoms with Gasteiger partial charge in [0.1, 0.15) is 5.82 Å². The van der Waals surface area contributed by atoms with Gasteiger partial charge in [0.25, 0.3) is 0 Å². The van der Waals surface area contributed by atoms with Crippen molar-refractivity contribution >= 4 is 16.6 Å². The van der Waals surface area contributed by atoms with Gasteiger partial charge in [0.15, 0.2) is 0 Å². The van der Waals surface area contributed by atoms with E-state index in [0.717, 1.165) is 16.0 Å². The van der Waals surface area contributed by atoms with Crippen LogP contribution in [0.1, 0.15) is 11.1 Å². The zero-order chi connectivity index (χ0) is 12.3. The fourth-order valence-corrected chi connectivity index (χ4v) is 2.70. The summed E-state index contributed by atoms with van der Waals surface area (Å²) in [5, 5.41) is 0. The second-order valence-electron chi connectivity index (χ2n) is 3.90. The molecular weight excluding hydrogens is 232 g/mol. The third-order valence-electron chi connectivity index (χ3n) is 2.40. The minimum absolute atomic E-state index is 0.469. The van der Waals surface area contributed by atoms with Crippen LogP contribution in [0, 0.1) is 6.92 Å². The summed E-state index contributed by atoms with van der Waals surface area (Å²) in [5.41, 5.74) is 7.55. The van der Waals surface area contributed by atoms with Crippen molar-refractivity contribution in [2.45, 2.75) is 17.6 Å². The number of rotatable bonds is 3. The van der Waals surface area contributed by atoms with Crippen LogP contribution in [-0.4, -0.2) is 9.19 Å². The second kappa shape index (κ2) is 5.10. The van der Waals surface area contributed by atoms with Crippen molar-refractivity contribution in [2.24, 2.45) is 0 Å².